The normalized spacial score (nSPS) is 5.00. The molecule has 0 aliphatic rings. The van der Waals surface area contributed by atoms with Gasteiger partial charge in [0.15, 0.2) is 17.4 Å². The Balaban J connectivity index is 0. The first-order chi connectivity index (χ1) is 1.41. The van der Waals surface area contributed by atoms with Gasteiger partial charge in [-0.3, -0.25) is 0 Å². The van der Waals surface area contributed by atoms with E-state index in [9.17, 15) is 0 Å². The summed E-state index contributed by atoms with van der Waals surface area (Å²) in [5, 5.41) is 0. The van der Waals surface area contributed by atoms with Gasteiger partial charge < -0.3 is 0 Å². The second-order valence-electron chi connectivity index (χ2n) is 0.118. The molecule has 0 saturated heterocycles. The Labute approximate surface area is 41.8 Å². The van der Waals surface area contributed by atoms with Gasteiger partial charge in [-0.2, -0.15) is 0 Å². The molecular weight excluding hydrogens is 124 g/mol. The van der Waals surface area contributed by atoms with E-state index in [1.165, 1.54) is 0 Å². The van der Waals surface area contributed by atoms with Crippen molar-refractivity contribution in [1.82, 2.24) is 0 Å². The Kier molecular flexibility index (Phi) is 20.4. The maximum atomic E-state index is 8.56. The third-order valence-electron chi connectivity index (χ3n) is 0. The molecule has 0 saturated carbocycles. The topological polar surface area (TPSA) is 34.1 Å². The molecule has 0 heterocycles. The molecule has 0 radical (unpaired) electrons. The van der Waals surface area contributed by atoms with E-state index >= 15 is 0 Å². The molecule has 20 valence electrons. The Morgan fingerprint density at radius 1 is 1.25 bits per heavy atom. The van der Waals surface area contributed by atoms with Crippen molar-refractivity contribution in [3.63, 3.8) is 0 Å². The van der Waals surface area contributed by atoms with E-state index in [2.05, 4.69) is 0 Å². The summed E-state index contributed by atoms with van der Waals surface area (Å²) in [5.41, 5.74) is 0. The Hall–Kier alpha value is 0.756. The molecular formula is H3AlO2Zn. The van der Waals surface area contributed by atoms with Crippen molar-refractivity contribution in [2.45, 2.75) is 0 Å². The van der Waals surface area contributed by atoms with E-state index in [4.69, 9.17) is 7.15 Å². The summed E-state index contributed by atoms with van der Waals surface area (Å²) in [4.78, 5) is 0. The van der Waals surface area contributed by atoms with Crippen LogP contribution in [0.4, 0.5) is 0 Å². The van der Waals surface area contributed by atoms with Crippen LogP contribution in [0.2, 0.25) is 0 Å². The summed E-state index contributed by atoms with van der Waals surface area (Å²) in [5.74, 6) is 0. The number of hydrogen-bond acceptors (Lipinski definition) is 2. The van der Waals surface area contributed by atoms with Crippen LogP contribution in [0.3, 0.4) is 0 Å². The van der Waals surface area contributed by atoms with E-state index < -0.39 is 17.0 Å². The van der Waals surface area contributed by atoms with Gasteiger partial charge in [-0.15, -0.1) is 0 Å². The molecule has 0 bridgehead atoms. The van der Waals surface area contributed by atoms with Gasteiger partial charge in [-0.1, -0.05) is 0 Å². The van der Waals surface area contributed by atoms with Crippen molar-refractivity contribution in [2.75, 3.05) is 0 Å². The molecule has 0 aromatic heterocycles. The summed E-state index contributed by atoms with van der Waals surface area (Å²) < 4.78 is 17.1. The van der Waals surface area contributed by atoms with Gasteiger partial charge >= 0.3 is 24.2 Å². The van der Waals surface area contributed by atoms with Crippen LogP contribution >= 0.6 is 0 Å². The van der Waals surface area contributed by atoms with Crippen molar-refractivity contribution < 1.29 is 24.2 Å². The molecule has 0 N–H and O–H groups in total. The van der Waals surface area contributed by atoms with Crippen molar-refractivity contribution in [3.05, 3.63) is 0 Å². The molecule has 0 aliphatic heterocycles. The maximum absolute atomic E-state index is 8.56. The van der Waals surface area contributed by atoms with Crippen molar-refractivity contribution in [1.29, 1.82) is 0 Å². The SMILES string of the molecule is [AlH3].[O]=[Zn]=[O]. The zero-order chi connectivity index (χ0) is 2.71. The molecule has 0 rings (SSSR count). The predicted octanol–water partition coefficient (Wildman–Crippen LogP) is -1.42. The molecule has 0 aromatic carbocycles. The summed E-state index contributed by atoms with van der Waals surface area (Å²) in [6.07, 6.45) is 0. The summed E-state index contributed by atoms with van der Waals surface area (Å²) in [6, 6.07) is 0. The average Bonchev–Trinajstić information content (AvgIpc) is 0.918. The molecule has 2 nitrogen and oxygen atoms in total. The van der Waals surface area contributed by atoms with Crippen LogP contribution in [0.15, 0.2) is 0 Å². The third kappa shape index (κ3) is 14.9. The van der Waals surface area contributed by atoms with Crippen LogP contribution in [-0.2, 0) is 24.2 Å². The fraction of sp³-hybridized carbons (Fsp3) is 0. The quantitative estimate of drug-likeness (QED) is 0.374. The van der Waals surface area contributed by atoms with Gasteiger partial charge in [0.1, 0.15) is 0 Å². The molecule has 0 fully saturated rings. The van der Waals surface area contributed by atoms with Crippen LogP contribution in [0, 0.1) is 0 Å². The first kappa shape index (κ1) is 8.83. The Morgan fingerprint density at radius 2 is 1.25 bits per heavy atom. The molecule has 4 heavy (non-hydrogen) atoms. The summed E-state index contributed by atoms with van der Waals surface area (Å²) in [7, 11) is 0. The Bertz CT molecular complexity index is 27.0. The molecule has 4 heteroatoms. The van der Waals surface area contributed by atoms with Gasteiger partial charge in [-0.25, -0.2) is 0 Å². The standard InChI is InChI=1S/Al.2O.Zn.3H. The van der Waals surface area contributed by atoms with Crippen molar-refractivity contribution in [2.24, 2.45) is 0 Å². The van der Waals surface area contributed by atoms with Gasteiger partial charge in [0.25, 0.3) is 0 Å². The third-order valence-corrected chi connectivity index (χ3v) is 0. The summed E-state index contributed by atoms with van der Waals surface area (Å²) in [6.45, 7) is 0. The van der Waals surface area contributed by atoms with E-state index in [-0.39, 0.29) is 17.4 Å². The first-order valence-electron chi connectivity index (χ1n) is 0.577. The number of rotatable bonds is 0. The molecule has 0 spiro atoms. The first-order valence-corrected chi connectivity index (χ1v) is 3.00. The molecule has 0 unspecified atom stereocenters. The van der Waals surface area contributed by atoms with Crippen LogP contribution < -0.4 is 0 Å². The zero-order valence-corrected chi connectivity index (χ0v) is 4.49. The van der Waals surface area contributed by atoms with Gasteiger partial charge in [0, 0.05) is 0 Å². The van der Waals surface area contributed by atoms with Crippen molar-refractivity contribution in [3.8, 4) is 0 Å². The molecule has 0 aromatic rings. The van der Waals surface area contributed by atoms with E-state index in [0.717, 1.165) is 0 Å². The fourth-order valence-electron chi connectivity index (χ4n) is 0. The predicted molar refractivity (Wildman–Crippen MR) is 11.3 cm³/mol. The van der Waals surface area contributed by atoms with Gasteiger partial charge in [-0.05, 0) is 0 Å². The number of hydrogen-bond donors (Lipinski definition) is 0. The zero-order valence-electron chi connectivity index (χ0n) is 1.52. The summed E-state index contributed by atoms with van der Waals surface area (Å²) >= 11 is -2.38. The van der Waals surface area contributed by atoms with Crippen LogP contribution in [0.1, 0.15) is 0 Å². The average molecular weight is 127 g/mol. The molecule has 0 aliphatic carbocycles. The monoisotopic (exact) mass is 126 g/mol. The fourth-order valence-corrected chi connectivity index (χ4v) is 0. The minimum absolute atomic E-state index is 0. The molecule has 0 atom stereocenters. The van der Waals surface area contributed by atoms with Crippen molar-refractivity contribution >= 4 is 17.4 Å². The second kappa shape index (κ2) is 9.25. The van der Waals surface area contributed by atoms with Gasteiger partial charge in [0.05, 0.1) is 0 Å². The van der Waals surface area contributed by atoms with Gasteiger partial charge in [0.2, 0.25) is 0 Å². The molecule has 0 amide bonds. The van der Waals surface area contributed by atoms with E-state index in [1.54, 1.807) is 0 Å². The van der Waals surface area contributed by atoms with Crippen LogP contribution in [0.25, 0.3) is 0 Å². The van der Waals surface area contributed by atoms with E-state index in [0.29, 0.717) is 0 Å². The Morgan fingerprint density at radius 3 is 1.25 bits per heavy atom. The van der Waals surface area contributed by atoms with Crippen LogP contribution in [0.5, 0.6) is 0 Å². The second-order valence-corrected chi connectivity index (χ2v) is 0.612. The van der Waals surface area contributed by atoms with E-state index in [1.807, 2.05) is 0 Å². The minimum atomic E-state index is -2.38. The van der Waals surface area contributed by atoms with Crippen LogP contribution in [-0.4, -0.2) is 17.4 Å².